The fraction of sp³-hybridized carbons (Fsp3) is 0.125. The number of nitrogens with one attached hydrogen (secondary N) is 1. The summed E-state index contributed by atoms with van der Waals surface area (Å²) in [5, 5.41) is 0. The lowest BCUT2D eigenvalue weighted by Gasteiger charge is -2.14. The number of sulfonamides is 1. The number of carbonyl (C=O) groups is 2. The van der Waals surface area contributed by atoms with Crippen LogP contribution in [0.3, 0.4) is 0 Å². The van der Waals surface area contributed by atoms with Crippen LogP contribution in [-0.4, -0.2) is 37.4 Å². The number of amides is 2. The molecule has 0 spiro atoms. The van der Waals surface area contributed by atoms with E-state index in [9.17, 15) is 26.8 Å². The monoisotopic (exact) mass is 366 g/mol. The number of hydrogen-bond donors (Lipinski definition) is 1. The van der Waals surface area contributed by atoms with Crippen LogP contribution in [0, 0.1) is 11.6 Å². The fourth-order valence-electron chi connectivity index (χ4n) is 2.44. The molecule has 0 radical (unpaired) electrons. The summed E-state index contributed by atoms with van der Waals surface area (Å²) >= 11 is 0. The molecule has 2 aromatic carbocycles. The average Bonchev–Trinajstić information content (AvgIpc) is 2.81. The van der Waals surface area contributed by atoms with Crippen LogP contribution in [0.2, 0.25) is 0 Å². The Morgan fingerprint density at radius 3 is 2.08 bits per heavy atom. The molecule has 1 N–H and O–H groups in total. The Kier molecular flexibility index (Phi) is 4.25. The second kappa shape index (κ2) is 6.25. The van der Waals surface area contributed by atoms with E-state index >= 15 is 0 Å². The van der Waals surface area contributed by atoms with Crippen molar-refractivity contribution in [3.63, 3.8) is 0 Å². The third kappa shape index (κ3) is 3.36. The highest BCUT2D eigenvalue weighted by Crippen LogP contribution is 2.22. The number of hydrogen-bond acceptors (Lipinski definition) is 4. The first-order valence-electron chi connectivity index (χ1n) is 7.19. The summed E-state index contributed by atoms with van der Waals surface area (Å²) in [4.78, 5) is 25.2. The Morgan fingerprint density at radius 1 is 0.920 bits per heavy atom. The molecule has 2 aromatic rings. The van der Waals surface area contributed by atoms with Crippen LogP contribution in [0.1, 0.15) is 20.7 Å². The molecule has 1 aliphatic rings. The van der Waals surface area contributed by atoms with Crippen molar-refractivity contribution in [1.82, 2.24) is 4.90 Å². The molecule has 2 amide bonds. The first kappa shape index (κ1) is 17.0. The molecule has 0 unspecified atom stereocenters. The number of carbonyl (C=O) groups excluding carboxylic acids is 2. The first-order chi connectivity index (χ1) is 11.8. The average molecular weight is 366 g/mol. The van der Waals surface area contributed by atoms with Gasteiger partial charge in [0.2, 0.25) is 10.0 Å². The van der Waals surface area contributed by atoms with Gasteiger partial charge in [-0.2, -0.15) is 0 Å². The molecule has 130 valence electrons. The highest BCUT2D eigenvalue weighted by Gasteiger charge is 2.35. The largest absolute Gasteiger partial charge is 0.283 e. The highest BCUT2D eigenvalue weighted by atomic mass is 32.2. The molecular weight excluding hydrogens is 354 g/mol. The quantitative estimate of drug-likeness (QED) is 0.821. The van der Waals surface area contributed by atoms with Crippen LogP contribution in [0.25, 0.3) is 0 Å². The van der Waals surface area contributed by atoms with Crippen LogP contribution < -0.4 is 4.72 Å². The number of halogens is 2. The summed E-state index contributed by atoms with van der Waals surface area (Å²) in [6, 6.07) is 8.75. The molecule has 0 saturated heterocycles. The Bertz CT molecular complexity index is 941. The van der Waals surface area contributed by atoms with Gasteiger partial charge in [0.05, 0.1) is 22.6 Å². The predicted octanol–water partition coefficient (Wildman–Crippen LogP) is 2.00. The minimum Gasteiger partial charge on any atom is -0.283 e. The number of anilines is 1. The molecule has 25 heavy (non-hydrogen) atoms. The van der Waals surface area contributed by atoms with E-state index in [4.69, 9.17) is 0 Å². The highest BCUT2D eigenvalue weighted by molar-refractivity contribution is 7.92. The minimum absolute atomic E-state index is 0.152. The predicted molar refractivity (Wildman–Crippen MR) is 85.6 cm³/mol. The molecule has 9 heteroatoms. The van der Waals surface area contributed by atoms with Crippen molar-refractivity contribution in [3.05, 3.63) is 65.2 Å². The van der Waals surface area contributed by atoms with Crippen molar-refractivity contribution in [2.45, 2.75) is 0 Å². The summed E-state index contributed by atoms with van der Waals surface area (Å²) in [6.45, 7) is -0.356. The van der Waals surface area contributed by atoms with Gasteiger partial charge in [0.15, 0.2) is 11.6 Å². The third-order valence-electron chi connectivity index (χ3n) is 3.65. The minimum atomic E-state index is -3.97. The van der Waals surface area contributed by atoms with Gasteiger partial charge in [-0.15, -0.1) is 0 Å². The Balaban J connectivity index is 1.70. The van der Waals surface area contributed by atoms with Crippen molar-refractivity contribution >= 4 is 27.5 Å². The van der Waals surface area contributed by atoms with Crippen molar-refractivity contribution in [2.75, 3.05) is 17.0 Å². The van der Waals surface area contributed by atoms with E-state index in [1.807, 2.05) is 0 Å². The second-order valence-corrected chi connectivity index (χ2v) is 7.20. The summed E-state index contributed by atoms with van der Waals surface area (Å²) in [6.07, 6.45) is 0. The van der Waals surface area contributed by atoms with E-state index in [0.29, 0.717) is 6.07 Å². The van der Waals surface area contributed by atoms with Crippen LogP contribution in [0.5, 0.6) is 0 Å². The number of rotatable bonds is 5. The molecule has 0 aliphatic carbocycles. The van der Waals surface area contributed by atoms with Gasteiger partial charge in [-0.3, -0.25) is 19.2 Å². The lowest BCUT2D eigenvalue weighted by Crippen LogP contribution is -2.35. The SMILES string of the molecule is O=C1c2ccccc2C(=O)N1CCS(=O)(=O)Nc1ccc(F)c(F)c1. The van der Waals surface area contributed by atoms with Crippen LogP contribution >= 0.6 is 0 Å². The smallest absolute Gasteiger partial charge is 0.261 e. The molecule has 3 rings (SSSR count). The van der Waals surface area contributed by atoms with Gasteiger partial charge in [0, 0.05) is 12.6 Å². The van der Waals surface area contributed by atoms with Gasteiger partial charge in [-0.1, -0.05) is 12.1 Å². The summed E-state index contributed by atoms with van der Waals surface area (Å²) < 4.78 is 52.2. The molecule has 0 atom stereocenters. The van der Waals surface area contributed by atoms with Gasteiger partial charge < -0.3 is 0 Å². The summed E-state index contributed by atoms with van der Waals surface area (Å²) in [7, 11) is -3.97. The topological polar surface area (TPSA) is 83.6 Å². The van der Waals surface area contributed by atoms with Crippen molar-refractivity contribution in [1.29, 1.82) is 0 Å². The summed E-state index contributed by atoms with van der Waals surface area (Å²) in [5.41, 5.74) is 0.290. The van der Waals surface area contributed by atoms with Crippen molar-refractivity contribution in [3.8, 4) is 0 Å². The zero-order valence-corrected chi connectivity index (χ0v) is 13.5. The maximum atomic E-state index is 13.1. The summed E-state index contributed by atoms with van der Waals surface area (Å²) in [5.74, 6) is -4.00. The molecule has 0 aromatic heterocycles. The number of imide groups is 1. The molecule has 1 aliphatic heterocycles. The fourth-order valence-corrected chi connectivity index (χ4v) is 3.45. The molecular formula is C16H12F2N2O4S. The Labute approximate surface area is 142 Å². The van der Waals surface area contributed by atoms with Gasteiger partial charge in [0.25, 0.3) is 11.8 Å². The maximum Gasteiger partial charge on any atom is 0.261 e. The van der Waals surface area contributed by atoms with Gasteiger partial charge in [0.1, 0.15) is 0 Å². The van der Waals surface area contributed by atoms with Crippen LogP contribution in [0.15, 0.2) is 42.5 Å². The lowest BCUT2D eigenvalue weighted by molar-refractivity contribution is 0.0664. The van der Waals surface area contributed by atoms with Crippen LogP contribution in [-0.2, 0) is 10.0 Å². The normalized spacial score (nSPS) is 13.9. The van der Waals surface area contributed by atoms with Crippen LogP contribution in [0.4, 0.5) is 14.5 Å². The zero-order chi connectivity index (χ0) is 18.2. The van der Waals surface area contributed by atoms with Gasteiger partial charge in [-0.05, 0) is 24.3 Å². The lowest BCUT2D eigenvalue weighted by atomic mass is 10.1. The molecule has 1 heterocycles. The molecule has 0 bridgehead atoms. The number of nitrogens with zero attached hydrogens (tertiary/aromatic N) is 1. The van der Waals surface area contributed by atoms with Gasteiger partial charge >= 0.3 is 0 Å². The Hall–Kier alpha value is -2.81. The zero-order valence-electron chi connectivity index (χ0n) is 12.7. The van der Waals surface area contributed by atoms with E-state index in [1.165, 1.54) is 12.1 Å². The maximum absolute atomic E-state index is 13.1. The molecule has 0 saturated carbocycles. The van der Waals surface area contributed by atoms with Gasteiger partial charge in [-0.25, -0.2) is 17.2 Å². The van der Waals surface area contributed by atoms with E-state index in [2.05, 4.69) is 4.72 Å². The van der Waals surface area contributed by atoms with Crippen molar-refractivity contribution < 1.29 is 26.8 Å². The molecule has 0 fully saturated rings. The van der Waals surface area contributed by atoms with E-state index in [-0.39, 0.29) is 23.4 Å². The first-order valence-corrected chi connectivity index (χ1v) is 8.84. The number of benzene rings is 2. The van der Waals surface area contributed by atoms with E-state index in [0.717, 1.165) is 17.0 Å². The molecule has 6 nitrogen and oxygen atoms in total. The Morgan fingerprint density at radius 2 is 1.52 bits per heavy atom. The second-order valence-electron chi connectivity index (χ2n) is 5.36. The van der Waals surface area contributed by atoms with Crippen molar-refractivity contribution in [2.24, 2.45) is 0 Å². The number of fused-ring (bicyclic) bond motifs is 1. The third-order valence-corrected chi connectivity index (χ3v) is 4.92. The van der Waals surface area contributed by atoms with E-state index < -0.39 is 39.2 Å². The van der Waals surface area contributed by atoms with E-state index in [1.54, 1.807) is 12.1 Å². The standard InChI is InChI=1S/C16H12F2N2O4S/c17-13-6-5-10(9-14(13)18)19-25(23,24)8-7-20-15(21)11-3-1-2-4-12(11)16(20)22/h1-6,9,19H,7-8H2.